The molecule has 39 heavy (non-hydrogen) atoms. The zero-order valence-corrected chi connectivity index (χ0v) is 22.6. The zero-order chi connectivity index (χ0) is 27.4. The molecular weight excluding hydrogens is 510 g/mol. The van der Waals surface area contributed by atoms with E-state index < -0.39 is 5.97 Å². The topological polar surface area (TPSA) is 114 Å². The van der Waals surface area contributed by atoms with Crippen LogP contribution in [0, 0.1) is 0 Å². The van der Waals surface area contributed by atoms with E-state index in [0.717, 1.165) is 41.0 Å². The summed E-state index contributed by atoms with van der Waals surface area (Å²) in [6, 6.07) is 18.5. The number of carbonyl (C=O) groups excluding carboxylic acids is 1. The Labute approximate surface area is 231 Å². The van der Waals surface area contributed by atoms with Gasteiger partial charge in [0.2, 0.25) is 0 Å². The summed E-state index contributed by atoms with van der Waals surface area (Å²) in [4.78, 5) is 27.3. The number of rotatable bonds is 9. The van der Waals surface area contributed by atoms with E-state index in [1.165, 1.54) is 5.56 Å². The predicted molar refractivity (Wildman–Crippen MR) is 156 cm³/mol. The smallest absolute Gasteiger partial charge is 0.336 e. The van der Waals surface area contributed by atoms with E-state index in [4.69, 9.17) is 10.5 Å². The standard InChI is InChI=1S/C31H31N3O4S/c1-2-11-33-18-20-5-8-23(26(14-20)31(36)37)24-16-28-27(29-21(9-12-38-28)10-13-39-29)15-25(24)30(35)34-22-6-3-19(17-32)4-7-22/h3-8,10,13-16,33H,2,9,11-12,17-18,32H2,1H3,(H,34,35)(H,36,37). The zero-order valence-electron chi connectivity index (χ0n) is 21.8. The molecule has 0 unspecified atom stereocenters. The second kappa shape index (κ2) is 11.8. The van der Waals surface area contributed by atoms with Crippen molar-refractivity contribution in [2.75, 3.05) is 18.5 Å². The fourth-order valence-electron chi connectivity index (χ4n) is 4.77. The Kier molecular flexibility index (Phi) is 8.07. The minimum absolute atomic E-state index is 0.137. The van der Waals surface area contributed by atoms with Gasteiger partial charge in [0.05, 0.1) is 12.2 Å². The van der Waals surface area contributed by atoms with Crippen LogP contribution in [0.3, 0.4) is 0 Å². The number of carboxylic acids is 1. The van der Waals surface area contributed by atoms with E-state index in [0.29, 0.717) is 47.8 Å². The number of anilines is 1. The first-order valence-corrected chi connectivity index (χ1v) is 13.9. The van der Waals surface area contributed by atoms with Crippen molar-refractivity contribution < 1.29 is 19.4 Å². The summed E-state index contributed by atoms with van der Waals surface area (Å²) in [7, 11) is 0. The number of hydrogen-bond donors (Lipinski definition) is 4. The highest BCUT2D eigenvalue weighted by molar-refractivity contribution is 7.13. The van der Waals surface area contributed by atoms with Gasteiger partial charge in [0.15, 0.2) is 0 Å². The van der Waals surface area contributed by atoms with E-state index in [-0.39, 0.29) is 11.5 Å². The molecule has 0 saturated carbocycles. The molecule has 7 nitrogen and oxygen atoms in total. The first-order chi connectivity index (χ1) is 19.0. The van der Waals surface area contributed by atoms with Crippen molar-refractivity contribution in [2.24, 2.45) is 5.73 Å². The molecule has 0 fully saturated rings. The van der Waals surface area contributed by atoms with Gasteiger partial charge in [0.25, 0.3) is 5.91 Å². The molecule has 3 aromatic carbocycles. The lowest BCUT2D eigenvalue weighted by Gasteiger charge is -2.18. The molecule has 5 N–H and O–H groups in total. The van der Waals surface area contributed by atoms with Crippen LogP contribution >= 0.6 is 11.3 Å². The van der Waals surface area contributed by atoms with Gasteiger partial charge in [0.1, 0.15) is 5.75 Å². The Bertz CT molecular complexity index is 1510. The molecule has 5 rings (SSSR count). The third kappa shape index (κ3) is 5.73. The highest BCUT2D eigenvalue weighted by Crippen LogP contribution is 2.43. The highest BCUT2D eigenvalue weighted by atomic mass is 32.1. The van der Waals surface area contributed by atoms with Gasteiger partial charge in [-0.2, -0.15) is 0 Å². The molecule has 2 heterocycles. The van der Waals surface area contributed by atoms with Crippen molar-refractivity contribution in [3.05, 3.63) is 93.9 Å². The maximum absolute atomic E-state index is 13.8. The number of hydrogen-bond acceptors (Lipinski definition) is 6. The number of carbonyl (C=O) groups is 2. The highest BCUT2D eigenvalue weighted by Gasteiger charge is 2.25. The summed E-state index contributed by atoms with van der Waals surface area (Å²) in [5.41, 5.74) is 11.7. The number of amides is 1. The van der Waals surface area contributed by atoms with E-state index in [1.807, 2.05) is 47.8 Å². The van der Waals surface area contributed by atoms with Crippen molar-refractivity contribution in [3.8, 4) is 27.3 Å². The van der Waals surface area contributed by atoms with Gasteiger partial charge in [0, 0.05) is 41.2 Å². The van der Waals surface area contributed by atoms with Crippen molar-refractivity contribution in [1.82, 2.24) is 5.32 Å². The number of ether oxygens (including phenoxy) is 1. The molecule has 0 spiro atoms. The van der Waals surface area contributed by atoms with Crippen molar-refractivity contribution in [2.45, 2.75) is 32.9 Å². The van der Waals surface area contributed by atoms with Gasteiger partial charge in [-0.15, -0.1) is 11.3 Å². The van der Waals surface area contributed by atoms with Crippen LogP contribution in [0.15, 0.2) is 66.0 Å². The van der Waals surface area contributed by atoms with Crippen LogP contribution in [0.25, 0.3) is 21.6 Å². The second-order valence-corrected chi connectivity index (χ2v) is 10.4. The maximum atomic E-state index is 13.8. The lowest BCUT2D eigenvalue weighted by Crippen LogP contribution is -2.16. The Morgan fingerprint density at radius 2 is 1.77 bits per heavy atom. The minimum atomic E-state index is -1.05. The van der Waals surface area contributed by atoms with Crippen LogP contribution in [0.1, 0.15) is 50.8 Å². The van der Waals surface area contributed by atoms with Crippen LogP contribution < -0.4 is 21.1 Å². The number of benzene rings is 3. The fraction of sp³-hybridized carbons (Fsp3) is 0.226. The number of nitrogens with two attached hydrogens (primary N) is 1. The predicted octanol–water partition coefficient (Wildman–Crippen LogP) is 5.93. The van der Waals surface area contributed by atoms with Gasteiger partial charge < -0.3 is 26.2 Å². The van der Waals surface area contributed by atoms with E-state index >= 15 is 0 Å². The molecule has 4 aromatic rings. The molecule has 1 aliphatic rings. The first-order valence-electron chi connectivity index (χ1n) is 13.0. The Hall–Kier alpha value is -3.98. The molecule has 1 aromatic heterocycles. The van der Waals surface area contributed by atoms with Gasteiger partial charge in [-0.05, 0) is 82.6 Å². The number of thiophene rings is 1. The average molecular weight is 542 g/mol. The van der Waals surface area contributed by atoms with Crippen LogP contribution in [-0.4, -0.2) is 30.1 Å². The Balaban J connectivity index is 1.63. The monoisotopic (exact) mass is 541 g/mol. The largest absolute Gasteiger partial charge is 0.493 e. The molecule has 0 atom stereocenters. The average Bonchev–Trinajstić information content (AvgIpc) is 3.34. The summed E-state index contributed by atoms with van der Waals surface area (Å²) < 4.78 is 6.13. The molecule has 8 heteroatoms. The second-order valence-electron chi connectivity index (χ2n) is 9.48. The lowest BCUT2D eigenvalue weighted by atomic mass is 9.91. The van der Waals surface area contributed by atoms with Crippen molar-refractivity contribution in [3.63, 3.8) is 0 Å². The fourth-order valence-corrected chi connectivity index (χ4v) is 5.75. The minimum Gasteiger partial charge on any atom is -0.493 e. The van der Waals surface area contributed by atoms with Crippen LogP contribution in [-0.2, 0) is 19.5 Å². The summed E-state index contributed by atoms with van der Waals surface area (Å²) in [5, 5.41) is 18.5. The lowest BCUT2D eigenvalue weighted by molar-refractivity contribution is 0.0697. The summed E-state index contributed by atoms with van der Waals surface area (Å²) in [6.45, 7) is 4.40. The van der Waals surface area contributed by atoms with Gasteiger partial charge in [-0.3, -0.25) is 4.79 Å². The van der Waals surface area contributed by atoms with Crippen molar-refractivity contribution in [1.29, 1.82) is 0 Å². The molecule has 1 aliphatic heterocycles. The first kappa shape index (κ1) is 26.6. The maximum Gasteiger partial charge on any atom is 0.336 e. The van der Waals surface area contributed by atoms with E-state index in [1.54, 1.807) is 23.5 Å². The van der Waals surface area contributed by atoms with Crippen LogP contribution in [0.2, 0.25) is 0 Å². The molecular formula is C31H31N3O4S. The van der Waals surface area contributed by atoms with Gasteiger partial charge >= 0.3 is 5.97 Å². The van der Waals surface area contributed by atoms with E-state index in [2.05, 4.69) is 23.6 Å². The molecule has 0 radical (unpaired) electrons. The summed E-state index contributed by atoms with van der Waals surface area (Å²) in [5.74, 6) is -0.747. The number of fused-ring (bicyclic) bond motifs is 3. The van der Waals surface area contributed by atoms with Crippen LogP contribution in [0.4, 0.5) is 5.69 Å². The SMILES string of the molecule is CCCNCc1ccc(-c2cc3c(cc2C(=O)Nc2ccc(CN)cc2)-c2sccc2CCO3)c(C(=O)O)c1. The normalized spacial score (nSPS) is 12.2. The number of carboxylic acid groups (broad SMARTS) is 1. The molecule has 0 saturated heterocycles. The third-order valence-corrected chi connectivity index (χ3v) is 7.78. The molecule has 1 amide bonds. The third-order valence-electron chi connectivity index (χ3n) is 6.79. The number of nitrogens with one attached hydrogen (secondary N) is 2. The summed E-state index contributed by atoms with van der Waals surface area (Å²) in [6.07, 6.45) is 1.75. The Morgan fingerprint density at radius 1 is 0.974 bits per heavy atom. The Morgan fingerprint density at radius 3 is 2.51 bits per heavy atom. The molecule has 0 bridgehead atoms. The van der Waals surface area contributed by atoms with Crippen LogP contribution in [0.5, 0.6) is 5.75 Å². The van der Waals surface area contributed by atoms with E-state index in [9.17, 15) is 14.7 Å². The van der Waals surface area contributed by atoms with Gasteiger partial charge in [-0.25, -0.2) is 4.79 Å². The molecule has 200 valence electrons. The summed E-state index contributed by atoms with van der Waals surface area (Å²) >= 11 is 1.61. The quantitative estimate of drug-likeness (QED) is 0.196. The number of aromatic carboxylic acids is 1. The molecule has 0 aliphatic carbocycles. The van der Waals surface area contributed by atoms with Crippen molar-refractivity contribution >= 4 is 28.9 Å². The van der Waals surface area contributed by atoms with Gasteiger partial charge in [-0.1, -0.05) is 31.2 Å².